The van der Waals surface area contributed by atoms with Gasteiger partial charge in [-0.1, -0.05) is 18.2 Å². The number of carboxylic acids is 1. The van der Waals surface area contributed by atoms with Crippen LogP contribution in [0.25, 0.3) is 0 Å². The van der Waals surface area contributed by atoms with E-state index in [2.05, 4.69) is 0 Å². The SMILES string of the molecule is O=C(O)C1CC(O)CN1C(=O)CCSc1ccccc1. The molecule has 1 heterocycles. The molecule has 2 rings (SSSR count). The van der Waals surface area contributed by atoms with Gasteiger partial charge in [0.15, 0.2) is 0 Å². The zero-order valence-corrected chi connectivity index (χ0v) is 11.8. The lowest BCUT2D eigenvalue weighted by atomic mass is 10.2. The number of thioether (sulfide) groups is 1. The molecule has 1 aliphatic heterocycles. The molecule has 0 aliphatic carbocycles. The Kier molecular flexibility index (Phi) is 5.03. The molecule has 20 heavy (non-hydrogen) atoms. The number of nitrogens with zero attached hydrogens (tertiary/aromatic N) is 1. The largest absolute Gasteiger partial charge is 0.480 e. The van der Waals surface area contributed by atoms with Gasteiger partial charge in [-0.2, -0.15) is 0 Å². The smallest absolute Gasteiger partial charge is 0.326 e. The van der Waals surface area contributed by atoms with Crippen LogP contribution in [0.1, 0.15) is 12.8 Å². The molecule has 0 spiro atoms. The maximum Gasteiger partial charge on any atom is 0.326 e. The molecule has 108 valence electrons. The van der Waals surface area contributed by atoms with Crippen molar-refractivity contribution >= 4 is 23.6 Å². The monoisotopic (exact) mass is 295 g/mol. The number of hydrogen-bond donors (Lipinski definition) is 2. The molecular weight excluding hydrogens is 278 g/mol. The Morgan fingerprint density at radius 1 is 1.30 bits per heavy atom. The van der Waals surface area contributed by atoms with Crippen molar-refractivity contribution < 1.29 is 19.8 Å². The van der Waals surface area contributed by atoms with Crippen LogP contribution < -0.4 is 0 Å². The minimum atomic E-state index is -1.05. The van der Waals surface area contributed by atoms with E-state index in [0.717, 1.165) is 4.90 Å². The molecular formula is C14H17NO4S. The predicted molar refractivity (Wildman–Crippen MR) is 75.5 cm³/mol. The lowest BCUT2D eigenvalue weighted by Gasteiger charge is -2.20. The molecule has 0 aromatic heterocycles. The number of aliphatic hydroxyl groups excluding tert-OH is 1. The average molecular weight is 295 g/mol. The Balaban J connectivity index is 1.84. The van der Waals surface area contributed by atoms with E-state index in [-0.39, 0.29) is 25.3 Å². The topological polar surface area (TPSA) is 77.8 Å². The fraction of sp³-hybridized carbons (Fsp3) is 0.429. The standard InChI is InChI=1S/C14H17NO4S/c16-10-8-12(14(18)19)15(9-10)13(17)6-7-20-11-4-2-1-3-5-11/h1-5,10,12,16H,6-9H2,(H,18,19). The summed E-state index contributed by atoms with van der Waals surface area (Å²) in [6, 6.07) is 8.84. The van der Waals surface area contributed by atoms with Crippen LogP contribution in [-0.2, 0) is 9.59 Å². The summed E-state index contributed by atoms with van der Waals surface area (Å²) in [7, 11) is 0. The Morgan fingerprint density at radius 3 is 2.65 bits per heavy atom. The predicted octanol–water partition coefficient (Wildman–Crippen LogP) is 1.22. The van der Waals surface area contributed by atoms with Crippen LogP contribution in [0, 0.1) is 0 Å². The van der Waals surface area contributed by atoms with Crippen molar-refractivity contribution in [2.24, 2.45) is 0 Å². The van der Waals surface area contributed by atoms with E-state index >= 15 is 0 Å². The molecule has 1 amide bonds. The van der Waals surface area contributed by atoms with Crippen molar-refractivity contribution in [1.82, 2.24) is 4.90 Å². The van der Waals surface area contributed by atoms with Crippen LogP contribution in [0.2, 0.25) is 0 Å². The summed E-state index contributed by atoms with van der Waals surface area (Å²) in [6.07, 6.45) is -0.343. The van der Waals surface area contributed by atoms with Crippen molar-refractivity contribution in [2.45, 2.75) is 29.9 Å². The lowest BCUT2D eigenvalue weighted by molar-refractivity contribution is -0.148. The number of amides is 1. The van der Waals surface area contributed by atoms with Crippen molar-refractivity contribution in [1.29, 1.82) is 0 Å². The van der Waals surface area contributed by atoms with Gasteiger partial charge in [-0.25, -0.2) is 4.79 Å². The quantitative estimate of drug-likeness (QED) is 0.799. The molecule has 1 fully saturated rings. The molecule has 2 atom stereocenters. The average Bonchev–Trinajstić information content (AvgIpc) is 2.82. The van der Waals surface area contributed by atoms with Crippen LogP contribution in [0.15, 0.2) is 35.2 Å². The van der Waals surface area contributed by atoms with Gasteiger partial charge >= 0.3 is 5.97 Å². The van der Waals surface area contributed by atoms with Gasteiger partial charge in [-0.15, -0.1) is 11.8 Å². The molecule has 1 aliphatic rings. The number of hydrogen-bond acceptors (Lipinski definition) is 4. The van der Waals surface area contributed by atoms with Gasteiger partial charge in [0.1, 0.15) is 6.04 Å². The lowest BCUT2D eigenvalue weighted by Crippen LogP contribution is -2.40. The number of carboxylic acid groups (broad SMARTS) is 1. The Morgan fingerprint density at radius 2 is 2.00 bits per heavy atom. The minimum absolute atomic E-state index is 0.117. The van der Waals surface area contributed by atoms with Crippen LogP contribution in [0.5, 0.6) is 0 Å². The van der Waals surface area contributed by atoms with E-state index in [1.165, 1.54) is 4.90 Å². The fourth-order valence-corrected chi connectivity index (χ4v) is 3.10. The molecule has 5 nitrogen and oxygen atoms in total. The van der Waals surface area contributed by atoms with Gasteiger partial charge in [-0.3, -0.25) is 4.79 Å². The third-order valence-corrected chi connectivity index (χ3v) is 4.23. The molecule has 0 radical (unpaired) electrons. The molecule has 1 saturated heterocycles. The van der Waals surface area contributed by atoms with Gasteiger partial charge in [0.2, 0.25) is 5.91 Å². The van der Waals surface area contributed by atoms with E-state index < -0.39 is 18.1 Å². The zero-order valence-electron chi connectivity index (χ0n) is 10.9. The zero-order chi connectivity index (χ0) is 14.5. The van der Waals surface area contributed by atoms with Gasteiger partial charge in [0, 0.05) is 30.0 Å². The summed E-state index contributed by atoms with van der Waals surface area (Å²) in [6.45, 7) is 0.117. The summed E-state index contributed by atoms with van der Waals surface area (Å²) in [5, 5.41) is 18.6. The highest BCUT2D eigenvalue weighted by Crippen LogP contribution is 2.22. The molecule has 2 unspecified atom stereocenters. The van der Waals surface area contributed by atoms with Crippen molar-refractivity contribution in [2.75, 3.05) is 12.3 Å². The summed E-state index contributed by atoms with van der Waals surface area (Å²) >= 11 is 1.56. The van der Waals surface area contributed by atoms with E-state index in [4.69, 9.17) is 5.11 Å². The molecule has 2 N–H and O–H groups in total. The van der Waals surface area contributed by atoms with Crippen LogP contribution in [-0.4, -0.2) is 51.4 Å². The van der Waals surface area contributed by atoms with Gasteiger partial charge in [-0.05, 0) is 12.1 Å². The number of rotatable bonds is 5. The first kappa shape index (κ1) is 14.9. The number of likely N-dealkylation sites (tertiary alicyclic amines) is 1. The Bertz CT molecular complexity index is 479. The second kappa shape index (κ2) is 6.76. The summed E-state index contributed by atoms with van der Waals surface area (Å²) in [4.78, 5) is 25.4. The number of carbonyl (C=O) groups is 2. The molecule has 1 aromatic rings. The molecule has 1 aromatic carbocycles. The van der Waals surface area contributed by atoms with E-state index in [1.807, 2.05) is 30.3 Å². The highest BCUT2D eigenvalue weighted by Gasteiger charge is 2.38. The van der Waals surface area contributed by atoms with Crippen LogP contribution in [0.4, 0.5) is 0 Å². The third kappa shape index (κ3) is 3.74. The maximum atomic E-state index is 12.0. The highest BCUT2D eigenvalue weighted by atomic mass is 32.2. The molecule has 0 bridgehead atoms. The number of aliphatic hydroxyl groups is 1. The Labute approximate surface area is 121 Å². The van der Waals surface area contributed by atoms with Crippen molar-refractivity contribution in [3.8, 4) is 0 Å². The highest BCUT2D eigenvalue weighted by molar-refractivity contribution is 7.99. The van der Waals surface area contributed by atoms with Gasteiger partial charge in [0.05, 0.1) is 6.10 Å². The summed E-state index contributed by atoms with van der Waals surface area (Å²) < 4.78 is 0. The number of β-amino-alcohol motifs (C(OH)–C–C–N with tert-alkyl or cyclic N) is 1. The third-order valence-electron chi connectivity index (χ3n) is 3.21. The number of aliphatic carboxylic acids is 1. The Hall–Kier alpha value is -1.53. The fourth-order valence-electron chi connectivity index (χ4n) is 2.24. The van der Waals surface area contributed by atoms with Gasteiger partial charge < -0.3 is 15.1 Å². The van der Waals surface area contributed by atoms with Crippen LogP contribution >= 0.6 is 11.8 Å². The van der Waals surface area contributed by atoms with E-state index in [9.17, 15) is 14.7 Å². The van der Waals surface area contributed by atoms with Gasteiger partial charge in [0.25, 0.3) is 0 Å². The summed E-state index contributed by atoms with van der Waals surface area (Å²) in [5.41, 5.74) is 0. The van der Waals surface area contributed by atoms with E-state index in [1.54, 1.807) is 11.8 Å². The molecule has 0 saturated carbocycles. The summed E-state index contributed by atoms with van der Waals surface area (Å²) in [5.74, 6) is -0.662. The first-order valence-corrected chi connectivity index (χ1v) is 7.44. The first-order valence-electron chi connectivity index (χ1n) is 6.46. The number of carbonyl (C=O) groups excluding carboxylic acids is 1. The second-order valence-corrected chi connectivity index (χ2v) is 5.87. The van der Waals surface area contributed by atoms with Crippen molar-refractivity contribution in [3.05, 3.63) is 30.3 Å². The maximum absolute atomic E-state index is 12.0. The number of benzene rings is 1. The van der Waals surface area contributed by atoms with Crippen LogP contribution in [0.3, 0.4) is 0 Å². The minimum Gasteiger partial charge on any atom is -0.480 e. The van der Waals surface area contributed by atoms with Crippen molar-refractivity contribution in [3.63, 3.8) is 0 Å². The normalized spacial score (nSPS) is 21.9. The molecule has 6 heteroatoms. The van der Waals surface area contributed by atoms with E-state index in [0.29, 0.717) is 5.75 Å². The first-order chi connectivity index (χ1) is 9.58. The second-order valence-electron chi connectivity index (χ2n) is 4.70.